The first-order valence-corrected chi connectivity index (χ1v) is 36.8. The molecule has 5 aliphatic heterocycles. The number of hydrogen-bond acceptors (Lipinski definition) is 33. The molecule has 1 aromatic carbocycles. The van der Waals surface area contributed by atoms with Crippen molar-refractivity contribution in [2.75, 3.05) is 45.0 Å². The normalized spacial score (nSPS) is 34.3. The zero-order valence-electron chi connectivity index (χ0n) is 60.6. The molecule has 7 rings (SSSR count). The van der Waals surface area contributed by atoms with Crippen LogP contribution < -0.4 is 21.3 Å². The monoisotopic (exact) mass is 1550 g/mol. The van der Waals surface area contributed by atoms with E-state index in [0.29, 0.717) is 23.4 Å². The van der Waals surface area contributed by atoms with E-state index < -0.39 is 247 Å². The van der Waals surface area contributed by atoms with E-state index in [1.54, 1.807) is 24.3 Å². The molecular weight excluding hydrogens is 1440 g/mol. The average Bonchev–Trinajstić information content (AvgIpc) is 0.832. The average molecular weight is 1550 g/mol. The number of unbranched alkanes of at least 4 members (excludes halogenated alkanes) is 14. The van der Waals surface area contributed by atoms with Crippen molar-refractivity contribution >= 4 is 35.3 Å². The Kier molecular flexibility index (Phi) is 36.6. The van der Waals surface area contributed by atoms with Crippen LogP contribution in [-0.4, -0.2) is 332 Å². The lowest BCUT2D eigenvalue weighted by Crippen LogP contribution is -2.72. The Labute approximate surface area is 623 Å². The van der Waals surface area contributed by atoms with Gasteiger partial charge in [-0.2, -0.15) is 0 Å². The highest BCUT2D eigenvalue weighted by atomic mass is 16.8. The molecule has 5 fully saturated rings. The molecule has 0 bridgehead atoms. The highest BCUT2D eigenvalue weighted by Gasteiger charge is 2.62. The third-order valence-electron chi connectivity index (χ3n) is 19.6. The molecule has 21 N–H and O–H groups in total. The molecule has 0 radical (unpaired) electrons. The number of nitrogens with one attached hydrogen (secondary N) is 4. The lowest BCUT2D eigenvalue weighted by molar-refractivity contribution is -0.403. The van der Waals surface area contributed by atoms with Crippen LogP contribution in [-0.2, 0) is 71.3 Å². The van der Waals surface area contributed by atoms with Gasteiger partial charge in [-0.15, -0.1) is 0 Å². The number of carboxylic acid groups (broad SMARTS) is 1. The first kappa shape index (κ1) is 89.7. The van der Waals surface area contributed by atoms with Crippen molar-refractivity contribution in [2.45, 2.75) is 301 Å². The van der Waals surface area contributed by atoms with Crippen LogP contribution in [0, 0.1) is 0 Å². The van der Waals surface area contributed by atoms with Crippen LogP contribution in [0.3, 0.4) is 0 Å². The van der Waals surface area contributed by atoms with Gasteiger partial charge in [-0.25, -0.2) is 9.78 Å². The summed E-state index contributed by atoms with van der Waals surface area (Å²) in [6.45, 7) is -2.29. The van der Waals surface area contributed by atoms with Gasteiger partial charge in [0.05, 0.1) is 70.1 Å². The van der Waals surface area contributed by atoms with Gasteiger partial charge in [-0.1, -0.05) is 96.8 Å². The Morgan fingerprint density at radius 1 is 0.593 bits per heavy atom. The maximum atomic E-state index is 13.8. The van der Waals surface area contributed by atoms with E-state index in [9.17, 15) is 111 Å². The smallest absolute Gasteiger partial charge is 0.364 e. The molecule has 38 nitrogen and oxygen atoms in total. The molecule has 1 aromatic heterocycles. The van der Waals surface area contributed by atoms with Gasteiger partial charge in [0.15, 0.2) is 37.3 Å². The second-order valence-electron chi connectivity index (χ2n) is 27.8. The van der Waals surface area contributed by atoms with Crippen LogP contribution in [0.5, 0.6) is 0 Å². The van der Waals surface area contributed by atoms with Crippen LogP contribution in [0.4, 0.5) is 5.69 Å². The Morgan fingerprint density at radius 2 is 1.11 bits per heavy atom. The fourth-order valence-corrected chi connectivity index (χ4v) is 13.6. The van der Waals surface area contributed by atoms with Gasteiger partial charge in [0.25, 0.3) is 5.79 Å². The first-order valence-electron chi connectivity index (χ1n) is 36.8. The fraction of sp³-hybridized carbons (Fsp3) is 0.771. The number of carbonyl (C=O) groups excluding carboxylic acids is 4. The maximum absolute atomic E-state index is 13.8. The first-order chi connectivity index (χ1) is 51.6. The standard InChI is InChI=1S/C70H111N5O33/c1-4-5-6-7-8-9-10-11-12-13-14-15-16-17-18-19-48(86)75-39(40(83)24-25-49(87)74-38-22-20-37(21-23-38)43-27-71-34-99-43)33-98-66-58(94)56(92)60(46(31-79)102-66)104-68-59(95)64(108-70(69(96)97)26-41(84)50(72-35(2)81)63(107-70)52(88)42(85)28-76)61(47(32-80)103-68)105-65-51(73-36(3)82)62(54(90)45(30-78)100-65)106-67-57(93)55(91)53(89)44(29-77)101-67/h20-25,27,34,39-42,44-47,50-68,76-80,83-85,88-95H,4-19,26,28-33H2,1-3H3,(H,72,81)(H,73,82)(H,74,87)(H,75,86)(H,96,97)/b25-24+/t39-,40+,41-,42+,44+,45+,46+,47+,50?,51+,52+,53-,54-,55-,56+,57+,58+,59+,60+,61-,62+,63?,64+,65-,66+,67-,68-,70-/m0/s1. The van der Waals surface area contributed by atoms with Crippen molar-refractivity contribution in [3.8, 4) is 11.3 Å². The molecule has 0 aliphatic carbocycles. The Balaban J connectivity index is 1.12. The van der Waals surface area contributed by atoms with Gasteiger partial charge >= 0.3 is 5.97 Å². The van der Waals surface area contributed by atoms with E-state index in [1.165, 1.54) is 64.0 Å². The molecule has 6 heterocycles. The van der Waals surface area contributed by atoms with Crippen LogP contribution in [0.15, 0.2) is 53.4 Å². The van der Waals surface area contributed by atoms with E-state index >= 15 is 0 Å². The number of anilines is 1. The predicted octanol–water partition coefficient (Wildman–Crippen LogP) is -4.45. The third-order valence-corrected chi connectivity index (χ3v) is 19.6. The number of ether oxygens (including phenoxy) is 10. The van der Waals surface area contributed by atoms with E-state index in [1.807, 2.05) is 0 Å². The zero-order valence-corrected chi connectivity index (χ0v) is 60.6. The Hall–Kier alpha value is -5.52. The minimum Gasteiger partial charge on any atom is -0.477 e. The number of aliphatic carboxylic acids is 1. The molecule has 5 saturated heterocycles. The van der Waals surface area contributed by atoms with Gasteiger partial charge in [0.2, 0.25) is 23.6 Å². The molecule has 614 valence electrons. The molecule has 0 saturated carbocycles. The van der Waals surface area contributed by atoms with Crippen LogP contribution in [0.25, 0.3) is 11.3 Å². The molecule has 5 aliphatic rings. The van der Waals surface area contributed by atoms with Crippen molar-refractivity contribution in [1.29, 1.82) is 0 Å². The summed E-state index contributed by atoms with van der Waals surface area (Å²) in [7, 11) is 0. The van der Waals surface area contributed by atoms with Crippen LogP contribution in [0.2, 0.25) is 0 Å². The molecule has 38 heteroatoms. The number of oxazole rings is 1. The summed E-state index contributed by atoms with van der Waals surface area (Å²) < 4.78 is 65.1. The quantitative estimate of drug-likeness (QED) is 0.0220. The van der Waals surface area contributed by atoms with E-state index in [-0.39, 0.29) is 6.42 Å². The molecule has 0 spiro atoms. The van der Waals surface area contributed by atoms with Crippen molar-refractivity contribution in [3.63, 3.8) is 0 Å². The largest absolute Gasteiger partial charge is 0.477 e. The van der Waals surface area contributed by atoms with Gasteiger partial charge in [0, 0.05) is 44.0 Å². The van der Waals surface area contributed by atoms with E-state index in [0.717, 1.165) is 64.5 Å². The summed E-state index contributed by atoms with van der Waals surface area (Å²) in [4.78, 5) is 70.1. The minimum absolute atomic E-state index is 0.0154. The predicted molar refractivity (Wildman–Crippen MR) is 368 cm³/mol. The zero-order chi connectivity index (χ0) is 78.9. The van der Waals surface area contributed by atoms with E-state index in [2.05, 4.69) is 33.2 Å². The Morgan fingerprint density at radius 3 is 1.68 bits per heavy atom. The van der Waals surface area contributed by atoms with Crippen molar-refractivity contribution in [1.82, 2.24) is 20.9 Å². The number of carboxylic acids is 1. The molecule has 28 atom stereocenters. The van der Waals surface area contributed by atoms with Crippen molar-refractivity contribution < 1.29 is 163 Å². The number of carbonyl (C=O) groups is 5. The summed E-state index contributed by atoms with van der Waals surface area (Å²) in [5.41, 5.74) is 1.03. The number of rotatable bonds is 43. The molecule has 108 heavy (non-hydrogen) atoms. The van der Waals surface area contributed by atoms with Gasteiger partial charge < -0.3 is 160 Å². The van der Waals surface area contributed by atoms with Gasteiger partial charge in [-0.05, 0) is 36.8 Å². The van der Waals surface area contributed by atoms with E-state index in [4.69, 9.17) is 51.8 Å². The SMILES string of the molecule is CCCCCCCCCCCCCCCCCC(=O)N[C@@H](CO[C@@H]1O[C@H](CO)[C@@H](O[C@@H]2O[C@H](CO)[C@H](O[C@@H]3O[C@H](CO)[C@H](O)[C@H](O[C@@H]4O[C@H](CO)[C@H](O)[C@H](O)[C@H]4O)[C@H]3NC(C)=O)[C@H](O[C@]3(C(=O)O)C[C@H](O)C(NC(C)=O)C([C@H](O)[C@H](O)CO)O3)[C@H]2O)[C@H](O)[C@H]1O)[C@H](O)/C=C/C(=O)Nc1ccc(-c2cnco2)cc1. The third kappa shape index (κ3) is 24.5. The maximum Gasteiger partial charge on any atom is 0.364 e. The summed E-state index contributed by atoms with van der Waals surface area (Å²) in [5.74, 6) is -8.17. The highest BCUT2D eigenvalue weighted by Crippen LogP contribution is 2.41. The topological polar surface area (TPSA) is 596 Å². The minimum atomic E-state index is -3.42. The molecule has 2 aromatic rings. The highest BCUT2D eigenvalue weighted by molar-refractivity contribution is 5.99. The number of hydrogen-bond donors (Lipinski definition) is 21. The van der Waals surface area contributed by atoms with Crippen LogP contribution >= 0.6 is 0 Å². The fourth-order valence-electron chi connectivity index (χ4n) is 13.6. The molecule has 2 unspecified atom stereocenters. The van der Waals surface area contributed by atoms with Crippen molar-refractivity contribution in [3.05, 3.63) is 49.0 Å². The molecule has 4 amide bonds. The number of aliphatic hydroxyl groups is 16. The number of nitrogens with zero attached hydrogens (tertiary/aromatic N) is 1. The second kappa shape index (κ2) is 44.1. The van der Waals surface area contributed by atoms with Crippen molar-refractivity contribution in [2.24, 2.45) is 0 Å². The number of amides is 4. The lowest BCUT2D eigenvalue weighted by Gasteiger charge is -2.52. The Bertz CT molecular complexity index is 3040. The summed E-state index contributed by atoms with van der Waals surface area (Å²) >= 11 is 0. The lowest BCUT2D eigenvalue weighted by atomic mass is 9.88. The number of aliphatic hydroxyl groups excluding tert-OH is 16. The second-order valence-corrected chi connectivity index (χ2v) is 27.8. The number of aromatic nitrogens is 1. The van der Waals surface area contributed by atoms with Crippen LogP contribution in [0.1, 0.15) is 130 Å². The summed E-state index contributed by atoms with van der Waals surface area (Å²) in [5, 5.41) is 199. The molecular formula is C70H111N5O33. The van der Waals surface area contributed by atoms with Gasteiger partial charge in [-0.3, -0.25) is 19.2 Å². The van der Waals surface area contributed by atoms with Gasteiger partial charge in [0.1, 0.15) is 116 Å². The number of benzene rings is 1. The summed E-state index contributed by atoms with van der Waals surface area (Å²) in [6.07, 6.45) is -30.7. The summed E-state index contributed by atoms with van der Waals surface area (Å²) in [6, 6.07) is 1.42.